The summed E-state index contributed by atoms with van der Waals surface area (Å²) in [5, 5.41) is 4.29. The fourth-order valence-corrected chi connectivity index (χ4v) is 4.00. The summed E-state index contributed by atoms with van der Waals surface area (Å²) in [5.41, 5.74) is 2.56. The van der Waals surface area contributed by atoms with Crippen molar-refractivity contribution in [2.24, 2.45) is 7.05 Å². The van der Waals surface area contributed by atoms with E-state index < -0.39 is 5.54 Å². The monoisotopic (exact) mass is 358 g/mol. The lowest BCUT2D eigenvalue weighted by molar-refractivity contribution is -0.146. The molecule has 1 atom stereocenters. The van der Waals surface area contributed by atoms with Crippen LogP contribution in [-0.2, 0) is 23.1 Å². The number of hydrogen-bond donors (Lipinski definition) is 1. The minimum absolute atomic E-state index is 0.0446. The number of aromatic nitrogens is 4. The van der Waals surface area contributed by atoms with Gasteiger partial charge in [0.25, 0.3) is 0 Å². The van der Waals surface area contributed by atoms with Crippen molar-refractivity contribution in [3.8, 4) is 0 Å². The Labute approximate surface area is 153 Å². The molecule has 2 aromatic heterocycles. The molecule has 1 fully saturated rings. The SMILES string of the molecule is Cn1cc(C2CN(C(=O)C(C)(C)N3CCOCC3)Cc3[nH]cnc32)cn1. The molecule has 1 amide bonds. The standard InChI is InChI=1S/C18H26N6O2/c1-18(2,24-4-6-26-7-5-24)17(25)23-10-14(13-8-21-22(3)9-13)16-15(11-23)19-12-20-16/h8-9,12,14H,4-7,10-11H2,1-3H3,(H,19,20). The highest BCUT2D eigenvalue weighted by molar-refractivity contribution is 5.86. The number of carbonyl (C=O) groups excluding carboxylic acids is 1. The Morgan fingerprint density at radius 3 is 2.81 bits per heavy atom. The maximum atomic E-state index is 13.4. The highest BCUT2D eigenvalue weighted by atomic mass is 16.5. The number of morpholine rings is 1. The molecular formula is C18H26N6O2. The van der Waals surface area contributed by atoms with Gasteiger partial charge < -0.3 is 14.6 Å². The van der Waals surface area contributed by atoms with Crippen LogP contribution >= 0.6 is 0 Å². The number of hydrogen-bond acceptors (Lipinski definition) is 5. The number of nitrogens with zero attached hydrogens (tertiary/aromatic N) is 5. The second kappa shape index (κ2) is 6.51. The number of carbonyl (C=O) groups is 1. The molecule has 2 aromatic rings. The van der Waals surface area contributed by atoms with Gasteiger partial charge in [0.15, 0.2) is 0 Å². The van der Waals surface area contributed by atoms with Gasteiger partial charge in [-0.2, -0.15) is 5.10 Å². The quantitative estimate of drug-likeness (QED) is 0.875. The molecule has 1 unspecified atom stereocenters. The maximum Gasteiger partial charge on any atom is 0.242 e. The van der Waals surface area contributed by atoms with E-state index in [0.29, 0.717) is 26.3 Å². The molecule has 0 saturated carbocycles. The summed E-state index contributed by atoms with van der Waals surface area (Å²) in [6.07, 6.45) is 5.59. The largest absolute Gasteiger partial charge is 0.379 e. The van der Waals surface area contributed by atoms with Gasteiger partial charge in [0, 0.05) is 44.4 Å². The highest BCUT2D eigenvalue weighted by Crippen LogP contribution is 2.33. The van der Waals surface area contributed by atoms with E-state index in [9.17, 15) is 4.79 Å². The Balaban J connectivity index is 1.60. The van der Waals surface area contributed by atoms with Gasteiger partial charge in [-0.05, 0) is 13.8 Å². The summed E-state index contributed by atoms with van der Waals surface area (Å²) in [4.78, 5) is 25.3. The van der Waals surface area contributed by atoms with Crippen molar-refractivity contribution in [1.82, 2.24) is 29.5 Å². The number of ether oxygens (including phenoxy) is 1. The van der Waals surface area contributed by atoms with Gasteiger partial charge in [0.2, 0.25) is 5.91 Å². The fourth-order valence-electron chi connectivity index (χ4n) is 4.00. The van der Waals surface area contributed by atoms with Crippen LogP contribution in [0.25, 0.3) is 0 Å². The average molecular weight is 358 g/mol. The topological polar surface area (TPSA) is 79.3 Å². The molecule has 26 heavy (non-hydrogen) atoms. The Kier molecular flexibility index (Phi) is 4.32. The van der Waals surface area contributed by atoms with Crippen molar-refractivity contribution in [1.29, 1.82) is 0 Å². The van der Waals surface area contributed by atoms with Crippen molar-refractivity contribution in [2.45, 2.75) is 31.8 Å². The number of H-pyrrole nitrogens is 1. The summed E-state index contributed by atoms with van der Waals surface area (Å²) in [5.74, 6) is 0.191. The van der Waals surface area contributed by atoms with Crippen LogP contribution < -0.4 is 0 Å². The molecule has 1 N–H and O–H groups in total. The van der Waals surface area contributed by atoms with Gasteiger partial charge >= 0.3 is 0 Å². The minimum Gasteiger partial charge on any atom is -0.379 e. The summed E-state index contributed by atoms with van der Waals surface area (Å²) >= 11 is 0. The molecule has 0 spiro atoms. The van der Waals surface area contributed by atoms with Crippen molar-refractivity contribution in [3.05, 3.63) is 35.7 Å². The lowest BCUT2D eigenvalue weighted by Crippen LogP contribution is -2.59. The van der Waals surface area contributed by atoms with E-state index in [-0.39, 0.29) is 11.8 Å². The molecule has 1 saturated heterocycles. The van der Waals surface area contributed by atoms with Crippen LogP contribution in [0.3, 0.4) is 0 Å². The molecule has 8 nitrogen and oxygen atoms in total. The molecule has 0 radical (unpaired) electrons. The van der Waals surface area contributed by atoms with E-state index in [0.717, 1.165) is 30.0 Å². The molecule has 4 rings (SSSR count). The van der Waals surface area contributed by atoms with Crippen LogP contribution in [0.5, 0.6) is 0 Å². The van der Waals surface area contributed by atoms with Crippen molar-refractivity contribution in [2.75, 3.05) is 32.8 Å². The fraction of sp³-hybridized carbons (Fsp3) is 0.611. The highest BCUT2D eigenvalue weighted by Gasteiger charge is 2.41. The smallest absolute Gasteiger partial charge is 0.242 e. The van der Waals surface area contributed by atoms with Crippen LogP contribution in [0.15, 0.2) is 18.7 Å². The third-order valence-electron chi connectivity index (χ3n) is 5.57. The lowest BCUT2D eigenvalue weighted by Gasteiger charge is -2.43. The Bertz CT molecular complexity index is 789. The molecule has 140 valence electrons. The zero-order valence-corrected chi connectivity index (χ0v) is 15.6. The van der Waals surface area contributed by atoms with Gasteiger partial charge in [-0.1, -0.05) is 0 Å². The number of imidazole rings is 1. The summed E-state index contributed by atoms with van der Waals surface area (Å²) in [7, 11) is 1.91. The van der Waals surface area contributed by atoms with Crippen molar-refractivity contribution < 1.29 is 9.53 Å². The minimum atomic E-state index is -0.555. The molecular weight excluding hydrogens is 332 g/mol. The maximum absolute atomic E-state index is 13.4. The summed E-state index contributed by atoms with van der Waals surface area (Å²) < 4.78 is 7.24. The Hall–Kier alpha value is -2.19. The van der Waals surface area contributed by atoms with E-state index in [2.05, 4.69) is 20.0 Å². The second-order valence-electron chi connectivity index (χ2n) is 7.61. The van der Waals surface area contributed by atoms with E-state index in [1.54, 1.807) is 11.0 Å². The Morgan fingerprint density at radius 2 is 2.12 bits per heavy atom. The van der Waals surface area contributed by atoms with Crippen LogP contribution in [-0.4, -0.2) is 73.8 Å². The van der Waals surface area contributed by atoms with Crippen LogP contribution in [0, 0.1) is 0 Å². The first-order chi connectivity index (χ1) is 12.5. The number of aryl methyl sites for hydroxylation is 1. The van der Waals surface area contributed by atoms with E-state index >= 15 is 0 Å². The van der Waals surface area contributed by atoms with Crippen LogP contribution in [0.4, 0.5) is 0 Å². The molecule has 4 heterocycles. The number of amides is 1. The van der Waals surface area contributed by atoms with E-state index in [1.165, 1.54) is 0 Å². The van der Waals surface area contributed by atoms with Gasteiger partial charge in [-0.3, -0.25) is 14.4 Å². The van der Waals surface area contributed by atoms with Crippen LogP contribution in [0.2, 0.25) is 0 Å². The summed E-state index contributed by atoms with van der Waals surface area (Å²) in [6.45, 7) is 8.15. The first-order valence-corrected chi connectivity index (χ1v) is 9.09. The number of fused-ring (bicyclic) bond motifs is 1. The van der Waals surface area contributed by atoms with Gasteiger partial charge in [-0.15, -0.1) is 0 Å². The van der Waals surface area contributed by atoms with Crippen molar-refractivity contribution >= 4 is 5.91 Å². The summed E-state index contributed by atoms with van der Waals surface area (Å²) in [6, 6.07) is 0. The zero-order valence-electron chi connectivity index (χ0n) is 15.6. The number of nitrogens with one attached hydrogen (secondary N) is 1. The van der Waals surface area contributed by atoms with Gasteiger partial charge in [0.05, 0.1) is 49.2 Å². The van der Waals surface area contributed by atoms with Crippen molar-refractivity contribution in [3.63, 3.8) is 0 Å². The number of aromatic amines is 1. The predicted molar refractivity (Wildman–Crippen MR) is 95.5 cm³/mol. The molecule has 2 aliphatic rings. The van der Waals surface area contributed by atoms with Gasteiger partial charge in [0.1, 0.15) is 0 Å². The zero-order chi connectivity index (χ0) is 18.3. The molecule has 0 aliphatic carbocycles. The lowest BCUT2D eigenvalue weighted by atomic mass is 9.91. The van der Waals surface area contributed by atoms with Crippen LogP contribution in [0.1, 0.15) is 36.7 Å². The molecule has 0 aromatic carbocycles. The third-order valence-corrected chi connectivity index (χ3v) is 5.57. The number of rotatable bonds is 3. The first-order valence-electron chi connectivity index (χ1n) is 9.09. The second-order valence-corrected chi connectivity index (χ2v) is 7.61. The van der Waals surface area contributed by atoms with E-state index in [4.69, 9.17) is 4.74 Å². The average Bonchev–Trinajstić information content (AvgIpc) is 3.29. The normalized spacial score (nSPS) is 21.7. The Morgan fingerprint density at radius 1 is 1.35 bits per heavy atom. The van der Waals surface area contributed by atoms with E-state index in [1.807, 2.05) is 38.2 Å². The molecule has 2 aliphatic heterocycles. The molecule has 8 heteroatoms. The predicted octanol–water partition coefficient (Wildman–Crippen LogP) is 0.728. The van der Waals surface area contributed by atoms with Gasteiger partial charge in [-0.25, -0.2) is 4.98 Å². The third kappa shape index (κ3) is 2.93. The molecule has 0 bridgehead atoms. The first kappa shape index (κ1) is 17.2.